The highest BCUT2D eigenvalue weighted by atomic mass is 16.5. The van der Waals surface area contributed by atoms with E-state index < -0.39 is 0 Å². The number of hydrogen-bond acceptors (Lipinski definition) is 4. The van der Waals surface area contributed by atoms with Gasteiger partial charge in [-0.3, -0.25) is 4.90 Å². The van der Waals surface area contributed by atoms with Crippen molar-refractivity contribution in [1.82, 2.24) is 4.90 Å². The van der Waals surface area contributed by atoms with E-state index in [2.05, 4.69) is 4.90 Å². The Morgan fingerprint density at radius 2 is 2.06 bits per heavy atom. The van der Waals surface area contributed by atoms with Gasteiger partial charge in [0.2, 0.25) is 0 Å². The highest BCUT2D eigenvalue weighted by molar-refractivity contribution is 5.48. The van der Waals surface area contributed by atoms with Gasteiger partial charge in [0.05, 0.1) is 13.2 Å². The van der Waals surface area contributed by atoms with Crippen molar-refractivity contribution in [2.24, 2.45) is 0 Å². The molecule has 0 aromatic heterocycles. The zero-order chi connectivity index (χ0) is 11.7. The summed E-state index contributed by atoms with van der Waals surface area (Å²) >= 11 is 0. The van der Waals surface area contributed by atoms with Crippen molar-refractivity contribution >= 4 is 5.69 Å². The molecule has 4 nitrogen and oxygen atoms in total. The second-order valence-corrected chi connectivity index (χ2v) is 4.68. The Hall–Kier alpha value is -1.26. The molecule has 1 unspecified atom stereocenters. The van der Waals surface area contributed by atoms with Crippen LogP contribution in [-0.4, -0.2) is 43.9 Å². The van der Waals surface area contributed by atoms with Crippen LogP contribution in [0.15, 0.2) is 18.2 Å². The molecule has 1 aromatic carbocycles. The maximum absolute atomic E-state index is 5.82. The number of rotatable bonds is 1. The minimum atomic E-state index is 0.466. The van der Waals surface area contributed by atoms with E-state index in [1.54, 1.807) is 0 Å². The smallest absolute Gasteiger partial charge is 0.122 e. The lowest BCUT2D eigenvalue weighted by molar-refractivity contribution is 0.00249. The van der Waals surface area contributed by atoms with E-state index in [4.69, 9.17) is 15.2 Å². The molecular formula is C13H18N2O2. The van der Waals surface area contributed by atoms with E-state index in [9.17, 15) is 0 Å². The van der Waals surface area contributed by atoms with Gasteiger partial charge in [0.15, 0.2) is 0 Å². The molecule has 0 saturated carbocycles. The van der Waals surface area contributed by atoms with Crippen LogP contribution in [0.5, 0.6) is 5.75 Å². The van der Waals surface area contributed by atoms with Crippen LogP contribution >= 0.6 is 0 Å². The second kappa shape index (κ2) is 4.55. The first-order chi connectivity index (χ1) is 8.33. The molecule has 92 valence electrons. The van der Waals surface area contributed by atoms with Gasteiger partial charge >= 0.3 is 0 Å². The average molecular weight is 234 g/mol. The highest BCUT2D eigenvalue weighted by Gasteiger charge is 2.26. The Morgan fingerprint density at radius 3 is 2.88 bits per heavy atom. The van der Waals surface area contributed by atoms with E-state index >= 15 is 0 Å². The summed E-state index contributed by atoms with van der Waals surface area (Å²) in [5.74, 6) is 0.990. The van der Waals surface area contributed by atoms with Gasteiger partial charge in [0, 0.05) is 24.8 Å². The number of morpholine rings is 1. The largest absolute Gasteiger partial charge is 0.492 e. The summed E-state index contributed by atoms with van der Waals surface area (Å²) in [7, 11) is 0. The van der Waals surface area contributed by atoms with Crippen LogP contribution in [0.3, 0.4) is 0 Å². The van der Waals surface area contributed by atoms with Crippen molar-refractivity contribution in [3.8, 4) is 5.75 Å². The molecule has 0 radical (unpaired) electrons. The van der Waals surface area contributed by atoms with Gasteiger partial charge in [-0.2, -0.15) is 0 Å². The van der Waals surface area contributed by atoms with Crippen LogP contribution in [-0.2, 0) is 11.2 Å². The van der Waals surface area contributed by atoms with Gasteiger partial charge in [0.1, 0.15) is 12.4 Å². The molecule has 2 aliphatic rings. The van der Waals surface area contributed by atoms with E-state index in [0.29, 0.717) is 6.04 Å². The molecule has 0 bridgehead atoms. The average Bonchev–Trinajstić information content (AvgIpc) is 2.39. The van der Waals surface area contributed by atoms with Gasteiger partial charge in [-0.05, 0) is 30.2 Å². The Morgan fingerprint density at radius 1 is 1.24 bits per heavy atom. The molecule has 3 rings (SSSR count). The summed E-state index contributed by atoms with van der Waals surface area (Å²) in [5.41, 5.74) is 7.86. The van der Waals surface area contributed by atoms with Crippen LogP contribution in [0.1, 0.15) is 5.56 Å². The van der Waals surface area contributed by atoms with E-state index in [1.165, 1.54) is 5.56 Å². The fourth-order valence-electron chi connectivity index (χ4n) is 2.58. The minimum Gasteiger partial charge on any atom is -0.492 e. The predicted octanol–water partition coefficient (Wildman–Crippen LogP) is 0.905. The Kier molecular flexibility index (Phi) is 2.91. The molecular weight excluding hydrogens is 216 g/mol. The Balaban J connectivity index is 1.75. The standard InChI is InChI=1S/C13H18N2O2/c14-11-1-2-13-10(7-11)8-12(9-17-13)15-3-5-16-6-4-15/h1-2,7,12H,3-6,8-9,14H2. The highest BCUT2D eigenvalue weighted by Crippen LogP contribution is 2.28. The van der Waals surface area contributed by atoms with Crippen LogP contribution < -0.4 is 10.5 Å². The molecule has 4 heteroatoms. The summed E-state index contributed by atoms with van der Waals surface area (Å²) in [4.78, 5) is 2.45. The van der Waals surface area contributed by atoms with Gasteiger partial charge in [0.25, 0.3) is 0 Å². The van der Waals surface area contributed by atoms with Crippen molar-refractivity contribution in [3.63, 3.8) is 0 Å². The lowest BCUT2D eigenvalue weighted by Crippen LogP contribution is -2.48. The number of nitrogens with zero attached hydrogens (tertiary/aromatic N) is 1. The first-order valence-corrected chi connectivity index (χ1v) is 6.16. The molecule has 17 heavy (non-hydrogen) atoms. The zero-order valence-electron chi connectivity index (χ0n) is 9.89. The maximum atomic E-state index is 5.82. The number of hydrogen-bond donors (Lipinski definition) is 1. The molecule has 0 aliphatic carbocycles. The maximum Gasteiger partial charge on any atom is 0.122 e. The number of fused-ring (bicyclic) bond motifs is 1. The van der Waals surface area contributed by atoms with Crippen molar-refractivity contribution in [2.45, 2.75) is 12.5 Å². The van der Waals surface area contributed by atoms with E-state index in [1.807, 2.05) is 18.2 Å². The van der Waals surface area contributed by atoms with Crippen LogP contribution in [0, 0.1) is 0 Å². The van der Waals surface area contributed by atoms with Crippen molar-refractivity contribution in [3.05, 3.63) is 23.8 Å². The number of ether oxygens (including phenoxy) is 2. The first-order valence-electron chi connectivity index (χ1n) is 6.16. The third-order valence-electron chi connectivity index (χ3n) is 3.53. The van der Waals surface area contributed by atoms with Crippen molar-refractivity contribution in [1.29, 1.82) is 0 Å². The molecule has 2 N–H and O–H groups in total. The van der Waals surface area contributed by atoms with Gasteiger partial charge < -0.3 is 15.2 Å². The quantitative estimate of drug-likeness (QED) is 0.734. The number of anilines is 1. The van der Waals surface area contributed by atoms with Crippen LogP contribution in [0.2, 0.25) is 0 Å². The summed E-state index contributed by atoms with van der Waals surface area (Å²) in [5, 5.41) is 0. The summed E-state index contributed by atoms with van der Waals surface area (Å²) in [6.45, 7) is 4.45. The monoisotopic (exact) mass is 234 g/mol. The minimum absolute atomic E-state index is 0.466. The lowest BCUT2D eigenvalue weighted by Gasteiger charge is -2.37. The zero-order valence-corrected chi connectivity index (χ0v) is 9.89. The Labute approximate surface area is 101 Å². The number of nitrogens with two attached hydrogens (primary N) is 1. The second-order valence-electron chi connectivity index (χ2n) is 4.68. The van der Waals surface area contributed by atoms with E-state index in [0.717, 1.165) is 50.8 Å². The molecule has 2 heterocycles. The molecule has 1 fully saturated rings. The summed E-state index contributed by atoms with van der Waals surface area (Å²) in [6.07, 6.45) is 1.03. The first kappa shape index (κ1) is 10.9. The molecule has 1 saturated heterocycles. The van der Waals surface area contributed by atoms with Crippen LogP contribution in [0.4, 0.5) is 5.69 Å². The van der Waals surface area contributed by atoms with Crippen LogP contribution in [0.25, 0.3) is 0 Å². The topological polar surface area (TPSA) is 47.7 Å². The lowest BCUT2D eigenvalue weighted by atomic mass is 10.0. The third-order valence-corrected chi connectivity index (χ3v) is 3.53. The normalized spacial score (nSPS) is 25.1. The fraction of sp³-hybridized carbons (Fsp3) is 0.538. The number of nitrogen functional groups attached to an aromatic ring is 1. The van der Waals surface area contributed by atoms with E-state index in [-0.39, 0.29) is 0 Å². The molecule has 1 aromatic rings. The van der Waals surface area contributed by atoms with Gasteiger partial charge in [-0.1, -0.05) is 0 Å². The molecule has 2 aliphatic heterocycles. The van der Waals surface area contributed by atoms with Crippen molar-refractivity contribution in [2.75, 3.05) is 38.6 Å². The molecule has 1 atom stereocenters. The SMILES string of the molecule is Nc1ccc2c(c1)CC(N1CCOCC1)CO2. The third kappa shape index (κ3) is 2.23. The Bertz CT molecular complexity index is 402. The predicted molar refractivity (Wildman–Crippen MR) is 66.2 cm³/mol. The molecule has 0 amide bonds. The summed E-state index contributed by atoms with van der Waals surface area (Å²) in [6, 6.07) is 6.36. The molecule has 0 spiro atoms. The van der Waals surface area contributed by atoms with Crippen molar-refractivity contribution < 1.29 is 9.47 Å². The fourth-order valence-corrected chi connectivity index (χ4v) is 2.58. The number of benzene rings is 1. The summed E-state index contributed by atoms with van der Waals surface area (Å²) < 4.78 is 11.2. The van der Waals surface area contributed by atoms with Gasteiger partial charge in [-0.15, -0.1) is 0 Å². The van der Waals surface area contributed by atoms with Gasteiger partial charge in [-0.25, -0.2) is 0 Å².